The van der Waals surface area contributed by atoms with Crippen molar-refractivity contribution in [3.05, 3.63) is 0 Å². The molecule has 2 heteroatoms. The molecule has 2 aliphatic rings. The van der Waals surface area contributed by atoms with E-state index in [2.05, 4.69) is 25.7 Å². The van der Waals surface area contributed by atoms with Crippen molar-refractivity contribution in [2.24, 2.45) is 17.3 Å². The highest BCUT2D eigenvalue weighted by atomic mass is 16.1. The summed E-state index contributed by atoms with van der Waals surface area (Å²) in [6.07, 6.45) is 8.69. The molecule has 0 radical (unpaired) electrons. The lowest BCUT2D eigenvalue weighted by Gasteiger charge is -2.44. The van der Waals surface area contributed by atoms with Crippen molar-refractivity contribution in [3.8, 4) is 0 Å². The van der Waals surface area contributed by atoms with Gasteiger partial charge >= 0.3 is 0 Å². The molecule has 4 atom stereocenters. The van der Waals surface area contributed by atoms with Crippen LogP contribution in [0.3, 0.4) is 0 Å². The molecule has 18 heavy (non-hydrogen) atoms. The SMILES string of the molecule is CC1CCC(C)N(CC2(C=O)CCCC(C)C2)C1. The van der Waals surface area contributed by atoms with E-state index in [0.29, 0.717) is 6.04 Å². The average Bonchev–Trinajstić information content (AvgIpc) is 2.34. The van der Waals surface area contributed by atoms with E-state index >= 15 is 0 Å². The normalized spacial score (nSPS) is 42.7. The smallest absolute Gasteiger partial charge is 0.127 e. The van der Waals surface area contributed by atoms with Gasteiger partial charge in [0.25, 0.3) is 0 Å². The van der Waals surface area contributed by atoms with Gasteiger partial charge in [0.05, 0.1) is 0 Å². The highest BCUT2D eigenvalue weighted by molar-refractivity contribution is 5.60. The molecule has 0 spiro atoms. The van der Waals surface area contributed by atoms with Crippen LogP contribution in [-0.4, -0.2) is 30.3 Å². The number of carbonyl (C=O) groups is 1. The molecule has 104 valence electrons. The van der Waals surface area contributed by atoms with E-state index in [0.717, 1.165) is 31.2 Å². The van der Waals surface area contributed by atoms with Gasteiger partial charge in [0, 0.05) is 24.5 Å². The van der Waals surface area contributed by atoms with Gasteiger partial charge in [-0.2, -0.15) is 0 Å². The molecule has 1 saturated heterocycles. The molecule has 1 heterocycles. The van der Waals surface area contributed by atoms with E-state index in [1.165, 1.54) is 38.5 Å². The van der Waals surface area contributed by atoms with Crippen molar-refractivity contribution in [2.45, 2.75) is 65.3 Å². The molecule has 0 aromatic heterocycles. The predicted octanol–water partition coefficient (Wildman–Crippen LogP) is 3.50. The summed E-state index contributed by atoms with van der Waals surface area (Å²) in [5, 5.41) is 0. The van der Waals surface area contributed by atoms with E-state index in [1.807, 2.05) is 0 Å². The summed E-state index contributed by atoms with van der Waals surface area (Å²) < 4.78 is 0. The molecular weight excluding hydrogens is 222 g/mol. The van der Waals surface area contributed by atoms with Gasteiger partial charge in [0.1, 0.15) is 6.29 Å². The van der Waals surface area contributed by atoms with Crippen molar-refractivity contribution in [3.63, 3.8) is 0 Å². The van der Waals surface area contributed by atoms with Gasteiger partial charge in [-0.15, -0.1) is 0 Å². The summed E-state index contributed by atoms with van der Waals surface area (Å²) in [6.45, 7) is 9.17. The Hall–Kier alpha value is -0.370. The number of rotatable bonds is 3. The van der Waals surface area contributed by atoms with Gasteiger partial charge in [0.15, 0.2) is 0 Å². The Labute approximate surface area is 112 Å². The molecule has 0 aromatic carbocycles. The van der Waals surface area contributed by atoms with E-state index in [4.69, 9.17) is 0 Å². The van der Waals surface area contributed by atoms with Crippen molar-refractivity contribution < 1.29 is 4.79 Å². The van der Waals surface area contributed by atoms with Crippen molar-refractivity contribution in [1.82, 2.24) is 4.90 Å². The monoisotopic (exact) mass is 251 g/mol. The molecule has 0 N–H and O–H groups in total. The molecule has 2 fully saturated rings. The Morgan fingerprint density at radius 3 is 2.61 bits per heavy atom. The van der Waals surface area contributed by atoms with Gasteiger partial charge in [0.2, 0.25) is 0 Å². The molecule has 0 amide bonds. The zero-order chi connectivity index (χ0) is 13.2. The number of hydrogen-bond acceptors (Lipinski definition) is 2. The molecule has 1 saturated carbocycles. The Balaban J connectivity index is 2.02. The Morgan fingerprint density at radius 1 is 1.17 bits per heavy atom. The fourth-order valence-corrected chi connectivity index (χ4v) is 3.99. The van der Waals surface area contributed by atoms with Crippen molar-refractivity contribution in [1.29, 1.82) is 0 Å². The summed E-state index contributed by atoms with van der Waals surface area (Å²) in [5.74, 6) is 1.52. The first kappa shape index (κ1) is 14.0. The lowest BCUT2D eigenvalue weighted by atomic mass is 9.70. The molecule has 4 unspecified atom stereocenters. The van der Waals surface area contributed by atoms with Crippen LogP contribution in [-0.2, 0) is 4.79 Å². The minimum Gasteiger partial charge on any atom is -0.303 e. The summed E-state index contributed by atoms with van der Waals surface area (Å²) in [7, 11) is 0. The highest BCUT2D eigenvalue weighted by Crippen LogP contribution is 2.39. The van der Waals surface area contributed by atoms with Crippen LogP contribution in [0.1, 0.15) is 59.3 Å². The van der Waals surface area contributed by atoms with Crippen LogP contribution in [0.2, 0.25) is 0 Å². The van der Waals surface area contributed by atoms with Crippen LogP contribution in [0.4, 0.5) is 0 Å². The summed E-state index contributed by atoms with van der Waals surface area (Å²) in [6, 6.07) is 0.662. The van der Waals surface area contributed by atoms with Gasteiger partial charge < -0.3 is 4.79 Å². The molecule has 2 nitrogen and oxygen atoms in total. The van der Waals surface area contributed by atoms with E-state index in [1.54, 1.807) is 0 Å². The number of likely N-dealkylation sites (tertiary alicyclic amines) is 1. The quantitative estimate of drug-likeness (QED) is 0.716. The number of piperidine rings is 1. The highest BCUT2D eigenvalue weighted by Gasteiger charge is 2.38. The van der Waals surface area contributed by atoms with Crippen LogP contribution < -0.4 is 0 Å². The van der Waals surface area contributed by atoms with Crippen LogP contribution in [0.25, 0.3) is 0 Å². The third-order valence-corrected chi connectivity index (χ3v) is 5.14. The van der Waals surface area contributed by atoms with Crippen molar-refractivity contribution >= 4 is 6.29 Å². The number of nitrogens with zero attached hydrogens (tertiary/aromatic N) is 1. The largest absolute Gasteiger partial charge is 0.303 e. The Bertz CT molecular complexity index is 291. The lowest BCUT2D eigenvalue weighted by molar-refractivity contribution is -0.121. The maximum Gasteiger partial charge on any atom is 0.127 e. The first-order valence-electron chi connectivity index (χ1n) is 7.75. The van der Waals surface area contributed by atoms with Crippen molar-refractivity contribution in [2.75, 3.05) is 13.1 Å². The second-order valence-corrected chi connectivity index (χ2v) is 7.14. The minimum absolute atomic E-state index is 0.0387. The third kappa shape index (κ3) is 3.14. The number of carbonyl (C=O) groups excluding carboxylic acids is 1. The topological polar surface area (TPSA) is 20.3 Å². The number of hydrogen-bond donors (Lipinski definition) is 0. The first-order valence-corrected chi connectivity index (χ1v) is 7.75. The molecule has 1 aliphatic carbocycles. The zero-order valence-electron chi connectivity index (χ0n) is 12.3. The molecule has 0 bridgehead atoms. The maximum atomic E-state index is 11.7. The van der Waals surface area contributed by atoms with Crippen LogP contribution >= 0.6 is 0 Å². The summed E-state index contributed by atoms with van der Waals surface area (Å²) in [4.78, 5) is 14.2. The zero-order valence-corrected chi connectivity index (χ0v) is 12.3. The van der Waals surface area contributed by atoms with E-state index in [9.17, 15) is 4.79 Å². The number of aldehydes is 1. The maximum absolute atomic E-state index is 11.7. The summed E-state index contributed by atoms with van der Waals surface area (Å²) in [5.41, 5.74) is -0.0387. The third-order valence-electron chi connectivity index (χ3n) is 5.14. The standard InChI is InChI=1S/C16H29NO/c1-13-5-4-8-16(9-13,12-18)11-17-10-14(2)6-7-15(17)3/h12-15H,4-11H2,1-3H3. The molecule has 2 rings (SSSR count). The van der Waals surface area contributed by atoms with Crippen LogP contribution in [0.5, 0.6) is 0 Å². The second-order valence-electron chi connectivity index (χ2n) is 7.14. The summed E-state index contributed by atoms with van der Waals surface area (Å²) >= 11 is 0. The fraction of sp³-hybridized carbons (Fsp3) is 0.938. The Morgan fingerprint density at radius 2 is 1.94 bits per heavy atom. The Kier molecular flexibility index (Phi) is 4.47. The van der Waals surface area contributed by atoms with Crippen LogP contribution in [0.15, 0.2) is 0 Å². The molecule has 0 aromatic rings. The fourth-order valence-electron chi connectivity index (χ4n) is 3.99. The van der Waals surface area contributed by atoms with Gasteiger partial charge in [-0.3, -0.25) is 4.90 Å². The van der Waals surface area contributed by atoms with Crippen LogP contribution in [0, 0.1) is 17.3 Å². The second kappa shape index (κ2) is 5.73. The van der Waals surface area contributed by atoms with E-state index in [-0.39, 0.29) is 5.41 Å². The average molecular weight is 251 g/mol. The minimum atomic E-state index is -0.0387. The van der Waals surface area contributed by atoms with Gasteiger partial charge in [-0.05, 0) is 44.4 Å². The molecule has 1 aliphatic heterocycles. The van der Waals surface area contributed by atoms with E-state index < -0.39 is 0 Å². The van der Waals surface area contributed by atoms with Gasteiger partial charge in [-0.1, -0.05) is 26.7 Å². The predicted molar refractivity (Wildman–Crippen MR) is 75.6 cm³/mol. The lowest BCUT2D eigenvalue weighted by Crippen LogP contribution is -2.49. The molecular formula is C16H29NO. The first-order chi connectivity index (χ1) is 8.54. The van der Waals surface area contributed by atoms with Gasteiger partial charge in [-0.25, -0.2) is 0 Å².